The monoisotopic (exact) mass is 433 g/mol. The summed E-state index contributed by atoms with van der Waals surface area (Å²) in [6.45, 7) is 2.73. The van der Waals surface area contributed by atoms with Gasteiger partial charge in [0.25, 0.3) is 11.8 Å². The van der Waals surface area contributed by atoms with Crippen molar-refractivity contribution in [1.29, 1.82) is 0 Å². The largest absolute Gasteiger partial charge is 0.364 e. The summed E-state index contributed by atoms with van der Waals surface area (Å²) in [5.74, 6) is -1.37. The van der Waals surface area contributed by atoms with Crippen molar-refractivity contribution in [3.63, 3.8) is 0 Å². The van der Waals surface area contributed by atoms with Gasteiger partial charge in [-0.1, -0.05) is 41.4 Å². The van der Waals surface area contributed by atoms with E-state index in [0.717, 1.165) is 18.0 Å². The molecule has 1 saturated heterocycles. The molecule has 2 aliphatic rings. The second-order valence-corrected chi connectivity index (χ2v) is 7.82. The minimum atomic E-state index is -0.500. The van der Waals surface area contributed by atoms with Crippen molar-refractivity contribution in [2.24, 2.45) is 0 Å². The Bertz CT molecular complexity index is 1020. The van der Waals surface area contributed by atoms with Gasteiger partial charge in [-0.05, 0) is 36.9 Å². The Morgan fingerprint density at radius 2 is 1.55 bits per heavy atom. The number of piperazine rings is 1. The molecule has 0 unspecified atom stereocenters. The van der Waals surface area contributed by atoms with Crippen molar-refractivity contribution in [2.75, 3.05) is 38.1 Å². The van der Waals surface area contributed by atoms with Crippen molar-refractivity contribution >= 4 is 46.3 Å². The lowest BCUT2D eigenvalue weighted by Gasteiger charge is -2.34. The van der Waals surface area contributed by atoms with Gasteiger partial charge in [0, 0.05) is 26.2 Å². The fraction of sp³-hybridized carbons (Fsp3) is 0.238. The molecular weight excluding hydrogens is 416 g/mol. The zero-order valence-corrected chi connectivity index (χ0v) is 17.2. The third-order valence-corrected chi connectivity index (χ3v) is 5.99. The summed E-state index contributed by atoms with van der Waals surface area (Å²) >= 11 is 12.4. The maximum absolute atomic E-state index is 13.5. The second-order valence-electron chi connectivity index (χ2n) is 7.04. The SMILES string of the molecule is CN1CCN(C2=C(c3ccc(F)cc3)C(=O)N(c3cccc(Cl)c3Cl)C2=O)CC1. The van der Waals surface area contributed by atoms with Crippen LogP contribution in [0.2, 0.25) is 10.0 Å². The Hall–Kier alpha value is -2.41. The number of imide groups is 1. The quantitative estimate of drug-likeness (QED) is 0.692. The van der Waals surface area contributed by atoms with Crippen LogP contribution in [0.15, 0.2) is 48.2 Å². The van der Waals surface area contributed by atoms with Gasteiger partial charge in [-0.25, -0.2) is 9.29 Å². The molecule has 0 atom stereocenters. The Morgan fingerprint density at radius 3 is 2.21 bits per heavy atom. The summed E-state index contributed by atoms with van der Waals surface area (Å²) in [5.41, 5.74) is 1.28. The first-order chi connectivity index (χ1) is 13.9. The number of hydrogen-bond donors (Lipinski definition) is 0. The van der Waals surface area contributed by atoms with Crippen LogP contribution < -0.4 is 4.90 Å². The summed E-state index contributed by atoms with van der Waals surface area (Å²) in [6.07, 6.45) is 0. The van der Waals surface area contributed by atoms with Gasteiger partial charge in [0.15, 0.2) is 0 Å². The van der Waals surface area contributed by atoms with Gasteiger partial charge in [-0.3, -0.25) is 9.59 Å². The van der Waals surface area contributed by atoms with E-state index >= 15 is 0 Å². The molecule has 0 bridgehead atoms. The smallest absolute Gasteiger partial charge is 0.282 e. The Morgan fingerprint density at radius 1 is 0.897 bits per heavy atom. The number of likely N-dealkylation sites (N-methyl/N-ethyl adjacent to an activating group) is 1. The average Bonchev–Trinajstić information content (AvgIpc) is 2.96. The molecule has 2 heterocycles. The fourth-order valence-corrected chi connectivity index (χ4v) is 3.98. The fourth-order valence-electron chi connectivity index (χ4n) is 3.60. The summed E-state index contributed by atoms with van der Waals surface area (Å²) in [7, 11) is 2.01. The third-order valence-electron chi connectivity index (χ3n) is 5.18. The zero-order chi connectivity index (χ0) is 20.7. The van der Waals surface area contributed by atoms with E-state index in [1.807, 2.05) is 11.9 Å². The molecule has 2 amide bonds. The van der Waals surface area contributed by atoms with Gasteiger partial charge >= 0.3 is 0 Å². The lowest BCUT2D eigenvalue weighted by atomic mass is 10.0. The van der Waals surface area contributed by atoms with E-state index in [0.29, 0.717) is 24.4 Å². The van der Waals surface area contributed by atoms with Crippen LogP contribution in [0.3, 0.4) is 0 Å². The zero-order valence-electron chi connectivity index (χ0n) is 15.7. The predicted molar refractivity (Wildman–Crippen MR) is 111 cm³/mol. The molecule has 4 rings (SSSR count). The van der Waals surface area contributed by atoms with Crippen LogP contribution in [0.5, 0.6) is 0 Å². The number of nitrogens with zero attached hydrogens (tertiary/aromatic N) is 3. The molecule has 0 saturated carbocycles. The normalized spacial score (nSPS) is 18.2. The predicted octanol–water partition coefficient (Wildman–Crippen LogP) is 3.66. The van der Waals surface area contributed by atoms with Crippen LogP contribution in [0.4, 0.5) is 10.1 Å². The van der Waals surface area contributed by atoms with Crippen molar-refractivity contribution in [1.82, 2.24) is 9.80 Å². The van der Waals surface area contributed by atoms with Gasteiger partial charge in [0.1, 0.15) is 11.5 Å². The highest BCUT2D eigenvalue weighted by Gasteiger charge is 2.43. The molecule has 0 aromatic heterocycles. The minimum absolute atomic E-state index is 0.133. The molecule has 2 aromatic carbocycles. The van der Waals surface area contributed by atoms with E-state index < -0.39 is 17.6 Å². The topological polar surface area (TPSA) is 43.9 Å². The first-order valence-electron chi connectivity index (χ1n) is 9.15. The molecule has 2 aliphatic heterocycles. The van der Waals surface area contributed by atoms with Crippen LogP contribution >= 0.6 is 23.2 Å². The van der Waals surface area contributed by atoms with E-state index in [1.165, 1.54) is 24.3 Å². The van der Waals surface area contributed by atoms with Gasteiger partial charge in [-0.15, -0.1) is 0 Å². The molecule has 1 fully saturated rings. The van der Waals surface area contributed by atoms with Crippen LogP contribution in [0.25, 0.3) is 5.57 Å². The molecule has 150 valence electrons. The molecule has 0 radical (unpaired) electrons. The summed E-state index contributed by atoms with van der Waals surface area (Å²) in [6, 6.07) is 10.4. The first kappa shape index (κ1) is 19.9. The Balaban J connectivity index is 1.83. The molecule has 0 aliphatic carbocycles. The van der Waals surface area contributed by atoms with Crippen molar-refractivity contribution < 1.29 is 14.0 Å². The number of benzene rings is 2. The standard InChI is InChI=1S/C21H18Cl2FN3O2/c1-25-9-11-26(12-10-25)19-17(13-5-7-14(24)8-6-13)20(28)27(21(19)29)16-4-2-3-15(22)18(16)23/h2-8H,9-12H2,1H3. The van der Waals surface area contributed by atoms with Crippen LogP contribution in [0, 0.1) is 5.82 Å². The van der Waals surface area contributed by atoms with Crippen molar-refractivity contribution in [3.8, 4) is 0 Å². The maximum atomic E-state index is 13.5. The third kappa shape index (κ3) is 3.52. The lowest BCUT2D eigenvalue weighted by Crippen LogP contribution is -2.46. The molecule has 0 spiro atoms. The van der Waals surface area contributed by atoms with Gasteiger partial charge in [0.05, 0.1) is 21.3 Å². The maximum Gasteiger partial charge on any atom is 0.282 e. The number of halogens is 3. The number of carbonyl (C=O) groups is 2. The van der Waals surface area contributed by atoms with E-state index in [2.05, 4.69) is 4.90 Å². The van der Waals surface area contributed by atoms with Gasteiger partial charge in [0.2, 0.25) is 0 Å². The Labute approximate surface area is 177 Å². The highest BCUT2D eigenvalue weighted by molar-refractivity contribution is 6.49. The lowest BCUT2D eigenvalue weighted by molar-refractivity contribution is -0.120. The van der Waals surface area contributed by atoms with Crippen molar-refractivity contribution in [2.45, 2.75) is 0 Å². The van der Waals surface area contributed by atoms with E-state index in [9.17, 15) is 14.0 Å². The molecule has 0 N–H and O–H groups in total. The molecule has 5 nitrogen and oxygen atoms in total. The number of anilines is 1. The second kappa shape index (κ2) is 7.78. The molecular formula is C21H18Cl2FN3O2. The summed E-state index contributed by atoms with van der Waals surface area (Å²) < 4.78 is 13.5. The highest BCUT2D eigenvalue weighted by atomic mass is 35.5. The molecule has 2 aromatic rings. The average molecular weight is 434 g/mol. The number of amides is 2. The first-order valence-corrected chi connectivity index (χ1v) is 9.90. The number of rotatable bonds is 3. The van der Waals surface area contributed by atoms with Crippen LogP contribution in [0.1, 0.15) is 5.56 Å². The van der Waals surface area contributed by atoms with E-state index in [1.54, 1.807) is 18.2 Å². The van der Waals surface area contributed by atoms with E-state index in [4.69, 9.17) is 23.2 Å². The number of carbonyl (C=O) groups excluding carboxylic acids is 2. The summed E-state index contributed by atoms with van der Waals surface area (Å²) in [4.78, 5) is 31.9. The minimum Gasteiger partial charge on any atom is -0.364 e. The van der Waals surface area contributed by atoms with Crippen molar-refractivity contribution in [3.05, 3.63) is 69.6 Å². The van der Waals surface area contributed by atoms with E-state index in [-0.39, 0.29) is 21.3 Å². The summed E-state index contributed by atoms with van der Waals surface area (Å²) in [5, 5.41) is 0.384. The molecule has 29 heavy (non-hydrogen) atoms. The van der Waals surface area contributed by atoms with Gasteiger partial charge < -0.3 is 9.80 Å². The van der Waals surface area contributed by atoms with Crippen LogP contribution in [-0.4, -0.2) is 54.8 Å². The molecule has 8 heteroatoms. The van der Waals surface area contributed by atoms with Crippen LogP contribution in [-0.2, 0) is 9.59 Å². The Kier molecular flexibility index (Phi) is 5.34. The van der Waals surface area contributed by atoms with Gasteiger partial charge in [-0.2, -0.15) is 0 Å². The highest BCUT2D eigenvalue weighted by Crippen LogP contribution is 2.40. The number of hydrogen-bond acceptors (Lipinski definition) is 4.